The van der Waals surface area contributed by atoms with Gasteiger partial charge in [-0.1, -0.05) is 18.2 Å². The number of hydrogen-bond acceptors (Lipinski definition) is 4. The van der Waals surface area contributed by atoms with Gasteiger partial charge in [0.2, 0.25) is 11.8 Å². The Morgan fingerprint density at radius 2 is 1.75 bits per heavy atom. The molecule has 1 fully saturated rings. The second-order valence-electron chi connectivity index (χ2n) is 7.92. The first-order chi connectivity index (χ1) is 15.4. The Kier molecular flexibility index (Phi) is 6.12. The highest BCUT2D eigenvalue weighted by Crippen LogP contribution is 2.30. The van der Waals surface area contributed by atoms with Crippen molar-refractivity contribution in [3.63, 3.8) is 0 Å². The molecule has 0 bridgehead atoms. The van der Waals surface area contributed by atoms with Crippen molar-refractivity contribution in [3.8, 4) is 17.2 Å². The van der Waals surface area contributed by atoms with Crippen LogP contribution >= 0.6 is 0 Å². The molecule has 1 saturated heterocycles. The lowest BCUT2D eigenvalue weighted by Gasteiger charge is -2.17. The lowest BCUT2D eigenvalue weighted by Crippen LogP contribution is -2.28. The smallest absolute Gasteiger partial charge is 0.229 e. The maximum Gasteiger partial charge on any atom is 0.229 e. The minimum atomic E-state index is -0.417. The molecule has 3 aromatic carbocycles. The van der Waals surface area contributed by atoms with Gasteiger partial charge in [0.15, 0.2) is 0 Å². The second-order valence-corrected chi connectivity index (χ2v) is 7.92. The summed E-state index contributed by atoms with van der Waals surface area (Å²) in [6, 6.07) is 20.5. The predicted molar refractivity (Wildman–Crippen MR) is 125 cm³/mol. The van der Waals surface area contributed by atoms with Crippen LogP contribution in [0.1, 0.15) is 17.5 Å². The van der Waals surface area contributed by atoms with Crippen LogP contribution in [0.3, 0.4) is 0 Å². The molecule has 6 heteroatoms. The molecule has 164 valence electrons. The number of amides is 2. The van der Waals surface area contributed by atoms with Crippen molar-refractivity contribution in [2.24, 2.45) is 5.92 Å². The number of ether oxygens (including phenoxy) is 2. The molecule has 0 spiro atoms. The number of hydrogen-bond donors (Lipinski definition) is 1. The van der Waals surface area contributed by atoms with Crippen LogP contribution in [0.5, 0.6) is 17.2 Å². The molecule has 2 amide bonds. The zero-order valence-corrected chi connectivity index (χ0v) is 18.4. The van der Waals surface area contributed by atoms with E-state index in [4.69, 9.17) is 9.47 Å². The highest BCUT2D eigenvalue weighted by Gasteiger charge is 2.35. The predicted octanol–water partition coefficient (Wildman–Crippen LogP) is 5.10. The maximum absolute atomic E-state index is 12.8. The van der Waals surface area contributed by atoms with E-state index >= 15 is 0 Å². The third-order valence-corrected chi connectivity index (χ3v) is 5.77. The summed E-state index contributed by atoms with van der Waals surface area (Å²) in [5.74, 6) is 1.51. The van der Waals surface area contributed by atoms with Crippen LogP contribution in [0.2, 0.25) is 0 Å². The van der Waals surface area contributed by atoms with Crippen molar-refractivity contribution in [2.45, 2.75) is 20.3 Å². The topological polar surface area (TPSA) is 67.9 Å². The van der Waals surface area contributed by atoms with Crippen LogP contribution in [0.15, 0.2) is 66.7 Å². The van der Waals surface area contributed by atoms with Crippen molar-refractivity contribution < 1.29 is 19.1 Å². The molecular formula is C26H26N2O4. The average molecular weight is 431 g/mol. The molecule has 0 unspecified atom stereocenters. The average Bonchev–Trinajstić information content (AvgIpc) is 3.20. The third-order valence-electron chi connectivity index (χ3n) is 5.77. The number of nitrogens with zero attached hydrogens (tertiary/aromatic N) is 1. The van der Waals surface area contributed by atoms with Crippen LogP contribution in [0, 0.1) is 19.8 Å². The number of aryl methyl sites for hydroxylation is 1. The van der Waals surface area contributed by atoms with Crippen LogP contribution in [0.4, 0.5) is 11.4 Å². The molecule has 0 aromatic heterocycles. The minimum absolute atomic E-state index is 0.0734. The number of carbonyl (C=O) groups is 2. The van der Waals surface area contributed by atoms with Crippen molar-refractivity contribution in [1.29, 1.82) is 0 Å². The molecule has 3 aromatic rings. The SMILES string of the molecule is COc1cccc(N2C[C@@H](C(=O)Nc3ccc(Oc4cccc(C)c4C)cc3)CC2=O)c1. The number of nitrogens with one attached hydrogen (secondary N) is 1. The summed E-state index contributed by atoms with van der Waals surface area (Å²) in [5, 5.41) is 2.91. The van der Waals surface area contributed by atoms with Gasteiger partial charge in [0.05, 0.1) is 13.0 Å². The fourth-order valence-corrected chi connectivity index (χ4v) is 3.72. The van der Waals surface area contributed by atoms with Gasteiger partial charge in [-0.15, -0.1) is 0 Å². The Morgan fingerprint density at radius 1 is 1.00 bits per heavy atom. The van der Waals surface area contributed by atoms with E-state index in [2.05, 4.69) is 5.32 Å². The number of rotatable bonds is 6. The fraction of sp³-hybridized carbons (Fsp3) is 0.231. The molecule has 4 rings (SSSR count). The fourth-order valence-electron chi connectivity index (χ4n) is 3.72. The molecule has 1 aliphatic rings. The first-order valence-electron chi connectivity index (χ1n) is 10.5. The van der Waals surface area contributed by atoms with Gasteiger partial charge in [0.1, 0.15) is 17.2 Å². The van der Waals surface area contributed by atoms with Crippen LogP contribution in [0.25, 0.3) is 0 Å². The van der Waals surface area contributed by atoms with Gasteiger partial charge in [0, 0.05) is 30.4 Å². The van der Waals surface area contributed by atoms with E-state index < -0.39 is 5.92 Å². The summed E-state index contributed by atoms with van der Waals surface area (Å²) in [6.45, 7) is 4.41. The number of carbonyl (C=O) groups excluding carboxylic acids is 2. The van der Waals surface area contributed by atoms with Gasteiger partial charge >= 0.3 is 0 Å². The van der Waals surface area contributed by atoms with Gasteiger partial charge in [-0.25, -0.2) is 0 Å². The highest BCUT2D eigenvalue weighted by atomic mass is 16.5. The summed E-state index contributed by atoms with van der Waals surface area (Å²) < 4.78 is 11.2. The zero-order chi connectivity index (χ0) is 22.7. The van der Waals surface area contributed by atoms with Crippen LogP contribution < -0.4 is 19.7 Å². The van der Waals surface area contributed by atoms with Crippen molar-refractivity contribution in [1.82, 2.24) is 0 Å². The standard InChI is InChI=1S/C26H26N2O4/c1-17-6-4-9-24(18(17)2)32-22-12-10-20(11-13-22)27-26(30)19-14-25(29)28(16-19)21-7-5-8-23(15-21)31-3/h4-13,15,19H,14,16H2,1-3H3,(H,27,30)/t19-/m0/s1. The third kappa shape index (κ3) is 4.59. The Labute approximate surface area is 187 Å². The Morgan fingerprint density at radius 3 is 2.50 bits per heavy atom. The first-order valence-corrected chi connectivity index (χ1v) is 10.5. The summed E-state index contributed by atoms with van der Waals surface area (Å²) >= 11 is 0. The van der Waals surface area contributed by atoms with Crippen molar-refractivity contribution >= 4 is 23.2 Å². The van der Waals surface area contributed by atoms with E-state index in [1.807, 2.05) is 62.4 Å². The molecule has 1 heterocycles. The van der Waals surface area contributed by atoms with Gasteiger partial charge in [0.25, 0.3) is 0 Å². The van der Waals surface area contributed by atoms with E-state index in [1.54, 1.807) is 30.2 Å². The lowest BCUT2D eigenvalue weighted by atomic mass is 10.1. The van der Waals surface area contributed by atoms with Gasteiger partial charge in [-0.05, 0) is 67.4 Å². The quantitative estimate of drug-likeness (QED) is 0.591. The van der Waals surface area contributed by atoms with E-state index in [0.717, 1.165) is 17.0 Å². The first kappa shape index (κ1) is 21.4. The second kappa shape index (κ2) is 9.14. The summed E-state index contributed by atoms with van der Waals surface area (Å²) in [7, 11) is 1.58. The largest absolute Gasteiger partial charge is 0.497 e. The van der Waals surface area contributed by atoms with Gasteiger partial charge in [-0.3, -0.25) is 9.59 Å². The molecule has 0 saturated carbocycles. The molecule has 1 aliphatic heterocycles. The highest BCUT2D eigenvalue weighted by molar-refractivity contribution is 6.03. The maximum atomic E-state index is 12.8. The molecule has 32 heavy (non-hydrogen) atoms. The van der Waals surface area contributed by atoms with E-state index in [9.17, 15) is 9.59 Å². The van der Waals surface area contributed by atoms with Crippen molar-refractivity contribution in [2.75, 3.05) is 23.9 Å². The molecular weight excluding hydrogens is 404 g/mol. The van der Waals surface area contributed by atoms with Crippen LogP contribution in [-0.4, -0.2) is 25.5 Å². The monoisotopic (exact) mass is 430 g/mol. The zero-order valence-electron chi connectivity index (χ0n) is 18.4. The van der Waals surface area contributed by atoms with E-state index in [-0.39, 0.29) is 18.2 Å². The van der Waals surface area contributed by atoms with Crippen molar-refractivity contribution in [3.05, 3.63) is 77.9 Å². The lowest BCUT2D eigenvalue weighted by molar-refractivity contribution is -0.122. The normalized spacial score (nSPS) is 15.5. The summed E-state index contributed by atoms with van der Waals surface area (Å²) in [6.07, 6.45) is 0.177. The molecule has 6 nitrogen and oxygen atoms in total. The van der Waals surface area contributed by atoms with Crippen LogP contribution in [-0.2, 0) is 9.59 Å². The molecule has 1 N–H and O–H groups in total. The Hall–Kier alpha value is -3.80. The minimum Gasteiger partial charge on any atom is -0.497 e. The Balaban J connectivity index is 1.38. The Bertz CT molecular complexity index is 1140. The molecule has 0 radical (unpaired) electrons. The number of benzene rings is 3. The van der Waals surface area contributed by atoms with E-state index in [0.29, 0.717) is 23.7 Å². The molecule has 0 aliphatic carbocycles. The van der Waals surface area contributed by atoms with Gasteiger partial charge < -0.3 is 19.7 Å². The molecule has 1 atom stereocenters. The summed E-state index contributed by atoms with van der Waals surface area (Å²) in [5.41, 5.74) is 3.66. The van der Waals surface area contributed by atoms with Gasteiger partial charge in [-0.2, -0.15) is 0 Å². The summed E-state index contributed by atoms with van der Waals surface area (Å²) in [4.78, 5) is 26.9. The van der Waals surface area contributed by atoms with E-state index in [1.165, 1.54) is 5.56 Å². The number of anilines is 2. The number of methoxy groups -OCH3 is 1.